The zero-order valence-electron chi connectivity index (χ0n) is 13.6. The van der Waals surface area contributed by atoms with E-state index in [1.807, 2.05) is 24.3 Å². The van der Waals surface area contributed by atoms with Gasteiger partial charge in [-0.25, -0.2) is 4.79 Å². The number of hydrogen-bond donors (Lipinski definition) is 2. The first kappa shape index (κ1) is 18.4. The number of nitrogens with one attached hydrogen (secondary N) is 2. The van der Waals surface area contributed by atoms with E-state index in [4.69, 9.17) is 27.9 Å². The summed E-state index contributed by atoms with van der Waals surface area (Å²) in [5.74, 6) is 0.826. The van der Waals surface area contributed by atoms with Gasteiger partial charge in [0.15, 0.2) is 6.73 Å². The Labute approximate surface area is 152 Å². The third-order valence-corrected chi connectivity index (χ3v) is 4.24. The lowest BCUT2D eigenvalue weighted by Crippen LogP contribution is -2.32. The van der Waals surface area contributed by atoms with Crippen molar-refractivity contribution in [2.75, 3.05) is 12.0 Å². The summed E-state index contributed by atoms with van der Waals surface area (Å²) in [4.78, 5) is 12.0. The Morgan fingerprint density at radius 2 is 1.96 bits per heavy atom. The van der Waals surface area contributed by atoms with Gasteiger partial charge in [0.05, 0.1) is 5.02 Å². The number of halogens is 2. The molecule has 2 aromatic carbocycles. The molecule has 0 aliphatic rings. The Morgan fingerprint density at radius 3 is 2.67 bits per heavy atom. The van der Waals surface area contributed by atoms with Crippen molar-refractivity contribution in [3.8, 4) is 5.75 Å². The Kier molecular flexibility index (Phi) is 6.76. The van der Waals surface area contributed by atoms with E-state index in [9.17, 15) is 4.79 Å². The molecule has 1 atom stereocenters. The number of benzene rings is 2. The lowest BCUT2D eigenvalue weighted by Gasteiger charge is -2.16. The van der Waals surface area contributed by atoms with E-state index in [1.54, 1.807) is 18.2 Å². The first-order chi connectivity index (χ1) is 11.5. The van der Waals surface area contributed by atoms with Crippen molar-refractivity contribution >= 4 is 34.9 Å². The summed E-state index contributed by atoms with van der Waals surface area (Å²) in [6.07, 6.45) is 0.999. The topological polar surface area (TPSA) is 50.4 Å². The standard InChI is InChI=1S/C18H20Cl2N2O2/c1-3-12(2)14-6-4-5-7-16(14)22-18(23)21-11-24-17-9-8-13(19)10-15(17)20/h4-10,12H,3,11H2,1-2H3,(H2,21,22,23). The van der Waals surface area contributed by atoms with Gasteiger partial charge in [0.1, 0.15) is 5.75 Å². The van der Waals surface area contributed by atoms with Crippen LogP contribution >= 0.6 is 23.2 Å². The van der Waals surface area contributed by atoms with E-state index in [-0.39, 0.29) is 12.8 Å². The number of urea groups is 1. The van der Waals surface area contributed by atoms with Crippen LogP contribution in [0.5, 0.6) is 5.75 Å². The van der Waals surface area contributed by atoms with E-state index < -0.39 is 0 Å². The summed E-state index contributed by atoms with van der Waals surface area (Å²) in [5, 5.41) is 6.42. The second kappa shape index (κ2) is 8.81. The van der Waals surface area contributed by atoms with E-state index in [0.717, 1.165) is 17.7 Å². The molecule has 2 aromatic rings. The van der Waals surface area contributed by atoms with E-state index in [0.29, 0.717) is 21.7 Å². The summed E-state index contributed by atoms with van der Waals surface area (Å²) < 4.78 is 5.44. The van der Waals surface area contributed by atoms with E-state index in [1.165, 1.54) is 0 Å². The maximum Gasteiger partial charge on any atom is 0.321 e. The van der Waals surface area contributed by atoms with Crippen LogP contribution in [0.25, 0.3) is 0 Å². The molecule has 0 fully saturated rings. The highest BCUT2D eigenvalue weighted by Gasteiger charge is 2.11. The van der Waals surface area contributed by atoms with Gasteiger partial charge in [0.2, 0.25) is 0 Å². The fourth-order valence-electron chi connectivity index (χ4n) is 2.20. The number of carbonyl (C=O) groups excluding carboxylic acids is 1. The normalized spacial score (nSPS) is 11.7. The van der Waals surface area contributed by atoms with Crippen LogP contribution in [0.1, 0.15) is 31.7 Å². The third-order valence-electron chi connectivity index (χ3n) is 3.71. The van der Waals surface area contributed by atoms with Gasteiger partial charge >= 0.3 is 6.03 Å². The minimum atomic E-state index is -0.337. The van der Waals surface area contributed by atoms with E-state index >= 15 is 0 Å². The molecule has 1 unspecified atom stereocenters. The lowest BCUT2D eigenvalue weighted by atomic mass is 9.97. The van der Waals surface area contributed by atoms with Gasteiger partial charge in [-0.3, -0.25) is 0 Å². The summed E-state index contributed by atoms with van der Waals surface area (Å²) in [5.41, 5.74) is 1.91. The molecule has 4 nitrogen and oxygen atoms in total. The molecule has 0 saturated carbocycles. The number of amides is 2. The smallest absolute Gasteiger partial charge is 0.321 e. The zero-order chi connectivity index (χ0) is 17.5. The van der Waals surface area contributed by atoms with Gasteiger partial charge in [-0.2, -0.15) is 0 Å². The lowest BCUT2D eigenvalue weighted by molar-refractivity contribution is 0.234. The molecule has 2 N–H and O–H groups in total. The minimum Gasteiger partial charge on any atom is -0.472 e. The summed E-state index contributed by atoms with van der Waals surface area (Å²) in [7, 11) is 0. The molecule has 2 rings (SSSR count). The van der Waals surface area contributed by atoms with Crippen LogP contribution < -0.4 is 15.4 Å². The highest BCUT2D eigenvalue weighted by Crippen LogP contribution is 2.28. The highest BCUT2D eigenvalue weighted by molar-refractivity contribution is 6.35. The minimum absolute atomic E-state index is 0.00131. The fourth-order valence-corrected chi connectivity index (χ4v) is 2.66. The Balaban J connectivity index is 1.90. The second-order valence-corrected chi connectivity index (χ2v) is 6.23. The molecule has 0 saturated heterocycles. The number of para-hydroxylation sites is 1. The van der Waals surface area contributed by atoms with Crippen molar-refractivity contribution < 1.29 is 9.53 Å². The largest absolute Gasteiger partial charge is 0.472 e. The Hall–Kier alpha value is -1.91. The molecule has 24 heavy (non-hydrogen) atoms. The fraction of sp³-hybridized carbons (Fsp3) is 0.278. The molecule has 0 heterocycles. The number of ether oxygens (including phenoxy) is 1. The van der Waals surface area contributed by atoms with Crippen molar-refractivity contribution in [3.05, 3.63) is 58.1 Å². The van der Waals surface area contributed by atoms with Crippen molar-refractivity contribution in [1.82, 2.24) is 5.32 Å². The summed E-state index contributed by atoms with van der Waals surface area (Å²) in [6.45, 7) is 4.24. The number of anilines is 1. The molecule has 128 valence electrons. The highest BCUT2D eigenvalue weighted by atomic mass is 35.5. The molecule has 0 bridgehead atoms. The average molecular weight is 367 g/mol. The summed E-state index contributed by atoms with van der Waals surface area (Å²) >= 11 is 11.8. The zero-order valence-corrected chi connectivity index (χ0v) is 15.1. The van der Waals surface area contributed by atoms with Gasteiger partial charge in [0, 0.05) is 10.7 Å². The molecule has 0 aliphatic carbocycles. The monoisotopic (exact) mass is 366 g/mol. The molecule has 6 heteroatoms. The van der Waals surface area contributed by atoms with Crippen molar-refractivity contribution in [1.29, 1.82) is 0 Å². The summed E-state index contributed by atoms with van der Waals surface area (Å²) in [6, 6.07) is 12.3. The van der Waals surface area contributed by atoms with Gasteiger partial charge in [-0.15, -0.1) is 0 Å². The molecular weight excluding hydrogens is 347 g/mol. The van der Waals surface area contributed by atoms with Gasteiger partial charge in [-0.05, 0) is 42.2 Å². The maximum atomic E-state index is 12.0. The Bertz CT molecular complexity index is 707. The van der Waals surface area contributed by atoms with Gasteiger partial charge < -0.3 is 15.4 Å². The molecule has 0 spiro atoms. The number of hydrogen-bond acceptors (Lipinski definition) is 2. The number of rotatable bonds is 6. The quantitative estimate of drug-likeness (QED) is 0.647. The second-order valence-electron chi connectivity index (χ2n) is 5.39. The molecule has 0 aliphatic heterocycles. The van der Waals surface area contributed by atoms with Crippen LogP contribution in [0.2, 0.25) is 10.0 Å². The van der Waals surface area contributed by atoms with E-state index in [2.05, 4.69) is 24.5 Å². The van der Waals surface area contributed by atoms with Crippen LogP contribution in [-0.4, -0.2) is 12.8 Å². The molecule has 0 aromatic heterocycles. The third kappa shape index (κ3) is 5.05. The van der Waals surface area contributed by atoms with Crippen LogP contribution in [0.15, 0.2) is 42.5 Å². The SMILES string of the molecule is CCC(C)c1ccccc1NC(=O)NCOc1ccc(Cl)cc1Cl. The first-order valence-corrected chi connectivity index (χ1v) is 8.48. The van der Waals surface area contributed by atoms with Crippen molar-refractivity contribution in [3.63, 3.8) is 0 Å². The van der Waals surface area contributed by atoms with Gasteiger partial charge in [0.25, 0.3) is 0 Å². The predicted octanol–water partition coefficient (Wildman–Crippen LogP) is 5.66. The molecule has 2 amide bonds. The van der Waals surface area contributed by atoms with Crippen LogP contribution in [0, 0.1) is 0 Å². The number of carbonyl (C=O) groups is 1. The van der Waals surface area contributed by atoms with Crippen molar-refractivity contribution in [2.24, 2.45) is 0 Å². The van der Waals surface area contributed by atoms with Crippen LogP contribution in [0.3, 0.4) is 0 Å². The van der Waals surface area contributed by atoms with Gasteiger partial charge in [-0.1, -0.05) is 55.2 Å². The van der Waals surface area contributed by atoms with Crippen LogP contribution in [0.4, 0.5) is 10.5 Å². The van der Waals surface area contributed by atoms with Crippen molar-refractivity contribution in [2.45, 2.75) is 26.2 Å². The average Bonchev–Trinajstić information content (AvgIpc) is 2.56. The van der Waals surface area contributed by atoms with Crippen LogP contribution in [-0.2, 0) is 0 Å². The predicted molar refractivity (Wildman–Crippen MR) is 99.3 cm³/mol. The molecule has 0 radical (unpaired) electrons. The maximum absolute atomic E-state index is 12.0. The Morgan fingerprint density at radius 1 is 1.21 bits per heavy atom. The molecular formula is C18H20Cl2N2O2. The first-order valence-electron chi connectivity index (χ1n) is 7.73.